The number of piperidine rings is 1. The van der Waals surface area contributed by atoms with Crippen molar-refractivity contribution < 1.29 is 4.79 Å². The van der Waals surface area contributed by atoms with E-state index in [4.69, 9.17) is 0 Å². The molecule has 2 rings (SSSR count). The zero-order valence-electron chi connectivity index (χ0n) is 8.25. The van der Waals surface area contributed by atoms with Crippen molar-refractivity contribution in [3.8, 4) is 0 Å². The van der Waals surface area contributed by atoms with Gasteiger partial charge in [0.25, 0.3) is 0 Å². The van der Waals surface area contributed by atoms with Gasteiger partial charge in [0, 0.05) is 13.1 Å². The van der Waals surface area contributed by atoms with Gasteiger partial charge in [0.15, 0.2) is 0 Å². The second-order valence-corrected chi connectivity index (χ2v) is 4.18. The number of nitrogens with zero attached hydrogens (tertiary/aromatic N) is 1. The summed E-state index contributed by atoms with van der Waals surface area (Å²) in [5.41, 5.74) is 0. The number of hydrogen-bond donors (Lipinski definition) is 1. The van der Waals surface area contributed by atoms with Gasteiger partial charge in [-0.05, 0) is 32.2 Å². The summed E-state index contributed by atoms with van der Waals surface area (Å²) in [6, 6.07) is 0.663. The van der Waals surface area contributed by atoms with Gasteiger partial charge in [-0.25, -0.2) is 0 Å². The Morgan fingerprint density at radius 1 is 1.31 bits per heavy atom. The predicted molar refractivity (Wildman–Crippen MR) is 51.4 cm³/mol. The van der Waals surface area contributed by atoms with E-state index >= 15 is 0 Å². The summed E-state index contributed by atoms with van der Waals surface area (Å²) in [5, 5.41) is 3.29. The van der Waals surface area contributed by atoms with Crippen LogP contribution in [-0.4, -0.2) is 36.5 Å². The van der Waals surface area contributed by atoms with Crippen molar-refractivity contribution in [3.05, 3.63) is 0 Å². The number of carbonyl (C=O) groups is 1. The van der Waals surface area contributed by atoms with Gasteiger partial charge in [0.2, 0.25) is 5.91 Å². The maximum absolute atomic E-state index is 11.8. The highest BCUT2D eigenvalue weighted by atomic mass is 16.2. The smallest absolute Gasteiger partial charge is 0.239 e. The molecule has 0 spiro atoms. The number of rotatable bonds is 2. The van der Waals surface area contributed by atoms with Crippen LogP contribution in [0.2, 0.25) is 0 Å². The van der Waals surface area contributed by atoms with Crippen LogP contribution in [0, 0.1) is 0 Å². The standard InChI is InChI=1S/C10H18N2O/c1-12(8-5-6-8)10(13)9-4-2-3-7-11-9/h8-9,11H,2-7H2,1H3. The van der Waals surface area contributed by atoms with Gasteiger partial charge in [-0.1, -0.05) is 6.42 Å². The van der Waals surface area contributed by atoms with E-state index in [1.54, 1.807) is 0 Å². The molecule has 1 N–H and O–H groups in total. The fourth-order valence-electron chi connectivity index (χ4n) is 1.95. The highest BCUT2D eigenvalue weighted by Crippen LogP contribution is 2.26. The van der Waals surface area contributed by atoms with Crippen LogP contribution in [0.3, 0.4) is 0 Å². The molecule has 0 radical (unpaired) electrons. The normalized spacial score (nSPS) is 28.5. The Morgan fingerprint density at radius 2 is 2.08 bits per heavy atom. The molecule has 1 aliphatic carbocycles. The molecule has 0 aromatic carbocycles. The molecule has 1 aliphatic heterocycles. The maximum Gasteiger partial charge on any atom is 0.239 e. The predicted octanol–water partition coefficient (Wildman–Crippen LogP) is 0.749. The van der Waals surface area contributed by atoms with Crippen LogP contribution in [0.25, 0.3) is 0 Å². The first kappa shape index (κ1) is 9.00. The molecule has 13 heavy (non-hydrogen) atoms. The summed E-state index contributed by atoms with van der Waals surface area (Å²) in [4.78, 5) is 13.8. The Kier molecular flexibility index (Phi) is 2.54. The number of hydrogen-bond acceptors (Lipinski definition) is 2. The lowest BCUT2D eigenvalue weighted by atomic mass is 10.0. The maximum atomic E-state index is 11.8. The third-order valence-corrected chi connectivity index (χ3v) is 3.05. The third-order valence-electron chi connectivity index (χ3n) is 3.05. The van der Waals surface area contributed by atoms with E-state index in [1.807, 2.05) is 11.9 Å². The first-order valence-electron chi connectivity index (χ1n) is 5.29. The van der Waals surface area contributed by atoms with Gasteiger partial charge < -0.3 is 10.2 Å². The van der Waals surface area contributed by atoms with Crippen LogP contribution in [-0.2, 0) is 4.79 Å². The Morgan fingerprint density at radius 3 is 2.62 bits per heavy atom. The molecule has 74 valence electrons. The van der Waals surface area contributed by atoms with Crippen molar-refractivity contribution in [3.63, 3.8) is 0 Å². The van der Waals surface area contributed by atoms with E-state index in [2.05, 4.69) is 5.32 Å². The Labute approximate surface area is 79.5 Å². The minimum absolute atomic E-state index is 0.111. The Bertz CT molecular complexity index is 195. The van der Waals surface area contributed by atoms with Crippen molar-refractivity contribution in [2.45, 2.75) is 44.2 Å². The van der Waals surface area contributed by atoms with E-state index in [9.17, 15) is 4.79 Å². The monoisotopic (exact) mass is 182 g/mol. The molecule has 3 nitrogen and oxygen atoms in total. The summed E-state index contributed by atoms with van der Waals surface area (Å²) in [6.07, 6.45) is 5.85. The molecule has 1 unspecified atom stereocenters. The quantitative estimate of drug-likeness (QED) is 0.683. The molecular formula is C10H18N2O. The lowest BCUT2D eigenvalue weighted by Gasteiger charge is -2.27. The second-order valence-electron chi connectivity index (χ2n) is 4.18. The summed E-state index contributed by atoms with van der Waals surface area (Å²) < 4.78 is 0. The molecule has 0 bridgehead atoms. The average Bonchev–Trinajstić information content (AvgIpc) is 3.00. The van der Waals surface area contributed by atoms with Gasteiger partial charge >= 0.3 is 0 Å². The summed E-state index contributed by atoms with van der Waals surface area (Å²) in [5.74, 6) is 0.308. The van der Waals surface area contributed by atoms with Crippen molar-refractivity contribution in [1.29, 1.82) is 0 Å². The van der Waals surface area contributed by atoms with Crippen LogP contribution >= 0.6 is 0 Å². The van der Waals surface area contributed by atoms with Crippen LogP contribution in [0.5, 0.6) is 0 Å². The highest BCUT2D eigenvalue weighted by molar-refractivity contribution is 5.82. The highest BCUT2D eigenvalue weighted by Gasteiger charge is 2.33. The van der Waals surface area contributed by atoms with Crippen LogP contribution in [0.1, 0.15) is 32.1 Å². The van der Waals surface area contributed by atoms with E-state index in [1.165, 1.54) is 25.7 Å². The fourth-order valence-corrected chi connectivity index (χ4v) is 1.95. The lowest BCUT2D eigenvalue weighted by Crippen LogP contribution is -2.47. The SMILES string of the molecule is CN(C(=O)C1CCCCN1)C1CC1. The molecule has 1 amide bonds. The van der Waals surface area contributed by atoms with Gasteiger partial charge in [-0.15, -0.1) is 0 Å². The van der Waals surface area contributed by atoms with Gasteiger partial charge in [0.05, 0.1) is 6.04 Å². The van der Waals surface area contributed by atoms with Crippen LogP contribution < -0.4 is 5.32 Å². The average molecular weight is 182 g/mol. The van der Waals surface area contributed by atoms with Gasteiger partial charge in [0.1, 0.15) is 0 Å². The van der Waals surface area contributed by atoms with Crippen LogP contribution in [0.4, 0.5) is 0 Å². The van der Waals surface area contributed by atoms with E-state index < -0.39 is 0 Å². The molecule has 2 fully saturated rings. The van der Waals surface area contributed by atoms with Crippen molar-refractivity contribution in [2.75, 3.05) is 13.6 Å². The summed E-state index contributed by atoms with van der Waals surface area (Å²) in [6.45, 7) is 1.01. The molecule has 1 saturated carbocycles. The van der Waals surface area contributed by atoms with E-state index in [0.29, 0.717) is 11.9 Å². The minimum atomic E-state index is 0.111. The molecule has 2 aliphatic rings. The second kappa shape index (κ2) is 3.66. The molecule has 1 atom stereocenters. The first-order chi connectivity index (χ1) is 6.29. The van der Waals surface area contributed by atoms with Crippen molar-refractivity contribution in [2.24, 2.45) is 0 Å². The Balaban J connectivity index is 1.86. The number of likely N-dealkylation sites (N-methyl/N-ethyl adjacent to an activating group) is 1. The first-order valence-corrected chi connectivity index (χ1v) is 5.29. The van der Waals surface area contributed by atoms with E-state index in [-0.39, 0.29) is 6.04 Å². The third kappa shape index (κ3) is 2.02. The zero-order chi connectivity index (χ0) is 9.26. The Hall–Kier alpha value is -0.570. The zero-order valence-corrected chi connectivity index (χ0v) is 8.25. The minimum Gasteiger partial charge on any atom is -0.341 e. The molecular weight excluding hydrogens is 164 g/mol. The molecule has 0 aromatic rings. The largest absolute Gasteiger partial charge is 0.341 e. The van der Waals surface area contributed by atoms with Crippen LogP contribution in [0.15, 0.2) is 0 Å². The molecule has 3 heteroatoms. The molecule has 0 aromatic heterocycles. The van der Waals surface area contributed by atoms with Crippen molar-refractivity contribution >= 4 is 5.91 Å². The number of nitrogens with one attached hydrogen (secondary N) is 1. The topological polar surface area (TPSA) is 32.3 Å². The summed E-state index contributed by atoms with van der Waals surface area (Å²) in [7, 11) is 1.94. The molecule has 1 saturated heterocycles. The van der Waals surface area contributed by atoms with E-state index in [0.717, 1.165) is 13.0 Å². The fraction of sp³-hybridized carbons (Fsp3) is 0.900. The summed E-state index contributed by atoms with van der Waals surface area (Å²) >= 11 is 0. The van der Waals surface area contributed by atoms with Gasteiger partial charge in [-0.3, -0.25) is 4.79 Å². The lowest BCUT2D eigenvalue weighted by molar-refractivity contribution is -0.133. The molecule has 1 heterocycles. The van der Waals surface area contributed by atoms with Gasteiger partial charge in [-0.2, -0.15) is 0 Å². The number of amides is 1. The number of carbonyl (C=O) groups excluding carboxylic acids is 1. The van der Waals surface area contributed by atoms with Crippen molar-refractivity contribution in [1.82, 2.24) is 10.2 Å².